The zero-order valence-corrected chi connectivity index (χ0v) is 13.2. The van der Waals surface area contributed by atoms with E-state index in [9.17, 15) is 8.42 Å². The van der Waals surface area contributed by atoms with Gasteiger partial charge < -0.3 is 10.1 Å². The minimum atomic E-state index is -3.46. The van der Waals surface area contributed by atoms with E-state index in [0.29, 0.717) is 17.1 Å². The second-order valence-electron chi connectivity index (χ2n) is 4.95. The molecule has 1 aromatic rings. The first-order valence-corrected chi connectivity index (χ1v) is 8.68. The van der Waals surface area contributed by atoms with E-state index in [2.05, 4.69) is 14.9 Å². The van der Waals surface area contributed by atoms with E-state index < -0.39 is 10.0 Å². The van der Waals surface area contributed by atoms with Crippen LogP contribution in [0.2, 0.25) is 0 Å². The molecule has 0 unspecified atom stereocenters. The molecule has 1 fully saturated rings. The maximum absolute atomic E-state index is 12.3. The van der Waals surface area contributed by atoms with Gasteiger partial charge in [-0.25, -0.2) is 13.1 Å². The third-order valence-electron chi connectivity index (χ3n) is 3.49. The summed E-state index contributed by atoms with van der Waals surface area (Å²) in [6.45, 7) is 4.71. The van der Waals surface area contributed by atoms with Crippen LogP contribution in [0.4, 0.5) is 5.69 Å². The van der Waals surface area contributed by atoms with Crippen molar-refractivity contribution >= 4 is 15.7 Å². The van der Waals surface area contributed by atoms with Crippen molar-refractivity contribution in [1.82, 2.24) is 9.62 Å². The van der Waals surface area contributed by atoms with Crippen LogP contribution in [0.25, 0.3) is 0 Å². The summed E-state index contributed by atoms with van der Waals surface area (Å²) in [4.78, 5) is 2.58. The number of rotatable bonds is 7. The van der Waals surface area contributed by atoms with Gasteiger partial charge in [0.25, 0.3) is 0 Å². The largest absolute Gasteiger partial charge is 0.387 e. The maximum atomic E-state index is 12.3. The quantitative estimate of drug-likeness (QED) is 0.726. The van der Waals surface area contributed by atoms with Crippen molar-refractivity contribution in [2.75, 3.05) is 51.8 Å². The monoisotopic (exact) mass is 313 g/mol. The molecule has 1 aromatic carbocycles. The Balaban J connectivity index is 1.83. The number of hydrogen-bond donors (Lipinski definition) is 2. The van der Waals surface area contributed by atoms with Gasteiger partial charge in [0, 0.05) is 26.7 Å². The molecule has 0 aromatic heterocycles. The van der Waals surface area contributed by atoms with Gasteiger partial charge >= 0.3 is 0 Å². The fourth-order valence-electron chi connectivity index (χ4n) is 2.32. The van der Waals surface area contributed by atoms with Crippen molar-refractivity contribution in [3.63, 3.8) is 0 Å². The Kier molecular flexibility index (Phi) is 5.98. The SMILES string of the molecule is CNc1ccccc1S(=O)(=O)NCCCN1CCOCC1. The molecule has 1 heterocycles. The van der Waals surface area contributed by atoms with Crippen molar-refractivity contribution < 1.29 is 13.2 Å². The number of benzene rings is 1. The van der Waals surface area contributed by atoms with E-state index >= 15 is 0 Å². The van der Waals surface area contributed by atoms with E-state index in [1.165, 1.54) is 0 Å². The second-order valence-corrected chi connectivity index (χ2v) is 6.69. The highest BCUT2D eigenvalue weighted by Gasteiger charge is 2.17. The molecule has 0 bridgehead atoms. The van der Waals surface area contributed by atoms with Crippen molar-refractivity contribution in [2.24, 2.45) is 0 Å². The third-order valence-corrected chi connectivity index (χ3v) is 5.01. The van der Waals surface area contributed by atoms with E-state index in [1.807, 2.05) is 6.07 Å². The first-order valence-electron chi connectivity index (χ1n) is 7.20. The number of para-hydroxylation sites is 1. The molecule has 2 N–H and O–H groups in total. The Hall–Kier alpha value is -1.15. The van der Waals surface area contributed by atoms with Crippen LogP contribution in [0.3, 0.4) is 0 Å². The Labute approximate surface area is 126 Å². The molecule has 7 heteroatoms. The lowest BCUT2D eigenvalue weighted by molar-refractivity contribution is 0.0376. The average molecular weight is 313 g/mol. The molecular weight excluding hydrogens is 290 g/mol. The van der Waals surface area contributed by atoms with E-state index in [4.69, 9.17) is 4.74 Å². The smallest absolute Gasteiger partial charge is 0.242 e. The highest BCUT2D eigenvalue weighted by molar-refractivity contribution is 7.89. The van der Waals surface area contributed by atoms with Crippen molar-refractivity contribution in [3.8, 4) is 0 Å². The number of nitrogens with zero attached hydrogens (tertiary/aromatic N) is 1. The molecular formula is C14H23N3O3S. The van der Waals surface area contributed by atoms with E-state index in [-0.39, 0.29) is 0 Å². The zero-order chi connectivity index (χ0) is 15.1. The molecule has 6 nitrogen and oxygen atoms in total. The van der Waals surface area contributed by atoms with Gasteiger partial charge in [-0.05, 0) is 25.1 Å². The average Bonchev–Trinajstić information content (AvgIpc) is 2.52. The molecule has 0 saturated carbocycles. The molecule has 1 aliphatic rings. The molecule has 1 aliphatic heterocycles. The first-order chi connectivity index (χ1) is 10.1. The lowest BCUT2D eigenvalue weighted by Crippen LogP contribution is -2.38. The normalized spacial score (nSPS) is 16.8. The lowest BCUT2D eigenvalue weighted by Gasteiger charge is -2.26. The molecule has 118 valence electrons. The highest BCUT2D eigenvalue weighted by atomic mass is 32.2. The summed E-state index contributed by atoms with van der Waals surface area (Å²) in [5.41, 5.74) is 0.609. The number of morpholine rings is 1. The summed E-state index contributed by atoms with van der Waals surface area (Å²) in [5, 5.41) is 2.90. The number of hydrogen-bond acceptors (Lipinski definition) is 5. The standard InChI is InChI=1S/C14H23N3O3S/c1-15-13-5-2-3-6-14(13)21(18,19)16-7-4-8-17-9-11-20-12-10-17/h2-3,5-6,15-16H,4,7-12H2,1H3. The van der Waals surface area contributed by atoms with Crippen molar-refractivity contribution in [3.05, 3.63) is 24.3 Å². The molecule has 0 radical (unpaired) electrons. The number of ether oxygens (including phenoxy) is 1. The van der Waals surface area contributed by atoms with Gasteiger partial charge in [0.15, 0.2) is 0 Å². The molecule has 1 saturated heterocycles. The highest BCUT2D eigenvalue weighted by Crippen LogP contribution is 2.19. The van der Waals surface area contributed by atoms with Crippen LogP contribution in [-0.4, -0.2) is 59.8 Å². The summed E-state index contributed by atoms with van der Waals surface area (Å²) < 4.78 is 32.5. The van der Waals surface area contributed by atoms with Gasteiger partial charge in [0.2, 0.25) is 10.0 Å². The topological polar surface area (TPSA) is 70.7 Å². The van der Waals surface area contributed by atoms with Crippen LogP contribution in [0.5, 0.6) is 0 Å². The number of anilines is 1. The van der Waals surface area contributed by atoms with Crippen LogP contribution >= 0.6 is 0 Å². The van der Waals surface area contributed by atoms with Crippen LogP contribution < -0.4 is 10.0 Å². The van der Waals surface area contributed by atoms with Gasteiger partial charge in [0.1, 0.15) is 4.90 Å². The predicted molar refractivity (Wildman–Crippen MR) is 83.1 cm³/mol. The van der Waals surface area contributed by atoms with Crippen molar-refractivity contribution in [2.45, 2.75) is 11.3 Å². The third kappa shape index (κ3) is 4.67. The minimum absolute atomic E-state index is 0.291. The summed E-state index contributed by atoms with van der Waals surface area (Å²) in [7, 11) is -1.75. The maximum Gasteiger partial charge on any atom is 0.242 e. The summed E-state index contributed by atoms with van der Waals surface area (Å²) in [5.74, 6) is 0. The Morgan fingerprint density at radius 3 is 2.67 bits per heavy atom. The Bertz CT molecular complexity index is 542. The number of sulfonamides is 1. The zero-order valence-electron chi connectivity index (χ0n) is 12.3. The van der Waals surface area contributed by atoms with Gasteiger partial charge in [0.05, 0.1) is 18.9 Å². The fourth-order valence-corrected chi connectivity index (χ4v) is 3.61. The van der Waals surface area contributed by atoms with Gasteiger partial charge in [-0.2, -0.15) is 0 Å². The molecule has 21 heavy (non-hydrogen) atoms. The van der Waals surface area contributed by atoms with Crippen molar-refractivity contribution in [1.29, 1.82) is 0 Å². The predicted octanol–water partition coefficient (Wildman–Crippen LogP) is 0.729. The van der Waals surface area contributed by atoms with Gasteiger partial charge in [-0.1, -0.05) is 12.1 Å². The fraction of sp³-hybridized carbons (Fsp3) is 0.571. The molecule has 0 spiro atoms. The first kappa shape index (κ1) is 16.2. The molecule has 0 aliphatic carbocycles. The Morgan fingerprint density at radius 2 is 1.95 bits per heavy atom. The van der Waals surface area contributed by atoms with Crippen LogP contribution in [0.15, 0.2) is 29.2 Å². The van der Waals surface area contributed by atoms with E-state index in [0.717, 1.165) is 39.3 Å². The van der Waals surface area contributed by atoms with E-state index in [1.54, 1.807) is 25.2 Å². The molecule has 0 amide bonds. The number of nitrogens with one attached hydrogen (secondary N) is 2. The molecule has 2 rings (SSSR count). The lowest BCUT2D eigenvalue weighted by atomic mass is 10.3. The summed E-state index contributed by atoms with van der Waals surface area (Å²) in [6.07, 6.45) is 0.793. The Morgan fingerprint density at radius 1 is 1.24 bits per heavy atom. The van der Waals surface area contributed by atoms with Gasteiger partial charge in [-0.3, -0.25) is 4.90 Å². The minimum Gasteiger partial charge on any atom is -0.387 e. The van der Waals surface area contributed by atoms with Gasteiger partial charge in [-0.15, -0.1) is 0 Å². The summed E-state index contributed by atoms with van der Waals surface area (Å²) >= 11 is 0. The van der Waals surface area contributed by atoms with Crippen LogP contribution in [0, 0.1) is 0 Å². The van der Waals surface area contributed by atoms with Crippen LogP contribution in [0.1, 0.15) is 6.42 Å². The van der Waals surface area contributed by atoms with Crippen LogP contribution in [-0.2, 0) is 14.8 Å². The molecule has 0 atom stereocenters. The second kappa shape index (κ2) is 7.74. The summed E-state index contributed by atoms with van der Waals surface area (Å²) in [6, 6.07) is 6.89.